The van der Waals surface area contributed by atoms with E-state index in [4.69, 9.17) is 11.6 Å². The summed E-state index contributed by atoms with van der Waals surface area (Å²) in [6.45, 7) is 0. The number of aromatic amines is 1. The van der Waals surface area contributed by atoms with Gasteiger partial charge in [-0.05, 0) is 42.5 Å². The third-order valence-electron chi connectivity index (χ3n) is 4.57. The highest BCUT2D eigenvalue weighted by atomic mass is 35.5. The monoisotopic (exact) mass is 513 g/mol. The Morgan fingerprint density at radius 3 is 2.50 bits per heavy atom. The lowest BCUT2D eigenvalue weighted by atomic mass is 10.2. The summed E-state index contributed by atoms with van der Waals surface area (Å²) in [5.41, 5.74) is -1.26. The normalized spacial score (nSPS) is 12.0. The van der Waals surface area contributed by atoms with Crippen LogP contribution in [0.3, 0.4) is 0 Å². The second kappa shape index (κ2) is 8.57. The molecule has 0 unspecified atom stereocenters. The van der Waals surface area contributed by atoms with E-state index in [0.29, 0.717) is 6.07 Å². The maximum Gasteiger partial charge on any atom is 0.417 e. The maximum absolute atomic E-state index is 13.5. The molecule has 2 aromatic heterocycles. The first-order valence-corrected chi connectivity index (χ1v) is 11.1. The number of fused-ring (bicyclic) bond motifs is 1. The van der Waals surface area contributed by atoms with Gasteiger partial charge in [0.15, 0.2) is 5.65 Å². The van der Waals surface area contributed by atoms with E-state index in [9.17, 15) is 30.8 Å². The van der Waals surface area contributed by atoms with Crippen molar-refractivity contribution >= 4 is 50.0 Å². The molecule has 0 atom stereocenters. The van der Waals surface area contributed by atoms with Gasteiger partial charge in [0.2, 0.25) is 9.84 Å². The number of alkyl halides is 3. The number of sulfone groups is 1. The second-order valence-electron chi connectivity index (χ2n) is 6.87. The van der Waals surface area contributed by atoms with Gasteiger partial charge in [-0.3, -0.25) is 10.4 Å². The third-order valence-corrected chi connectivity index (χ3v) is 6.62. The fraction of sp³-hybridized carbons (Fsp3) is 0.0500. The summed E-state index contributed by atoms with van der Waals surface area (Å²) in [5.74, 6) is -0.811. The van der Waals surface area contributed by atoms with E-state index in [1.165, 1.54) is 24.3 Å². The van der Waals surface area contributed by atoms with Crippen LogP contribution >= 0.6 is 11.6 Å². The number of carbonyl (C=O) groups excluding carboxylic acids is 1. The molecule has 8 nitrogen and oxygen atoms in total. The van der Waals surface area contributed by atoms with Crippen molar-refractivity contribution in [2.75, 3.05) is 10.6 Å². The molecule has 34 heavy (non-hydrogen) atoms. The van der Waals surface area contributed by atoms with E-state index in [-0.39, 0.29) is 32.3 Å². The number of rotatable bonds is 4. The molecule has 0 aliphatic carbocycles. The summed E-state index contributed by atoms with van der Waals surface area (Å²) in [5, 5.41) is 10.4. The average Bonchev–Trinajstić information content (AvgIpc) is 3.16. The minimum Gasteiger partial charge on any atom is -0.308 e. The van der Waals surface area contributed by atoms with Crippen molar-refractivity contribution in [3.8, 4) is 0 Å². The van der Waals surface area contributed by atoms with Crippen molar-refractivity contribution in [1.29, 1.82) is 0 Å². The van der Waals surface area contributed by atoms with Gasteiger partial charge in [0, 0.05) is 11.9 Å². The molecule has 0 spiro atoms. The molecule has 3 N–H and O–H groups in total. The van der Waals surface area contributed by atoms with Gasteiger partial charge < -0.3 is 5.32 Å². The van der Waals surface area contributed by atoms with Crippen LogP contribution in [0.2, 0.25) is 5.02 Å². The van der Waals surface area contributed by atoms with Crippen LogP contribution in [0.15, 0.2) is 64.5 Å². The predicted molar refractivity (Wildman–Crippen MR) is 115 cm³/mol. The number of anilines is 2. The Bertz CT molecular complexity index is 1520. The lowest BCUT2D eigenvalue weighted by molar-refractivity contribution is -0.137. The van der Waals surface area contributed by atoms with E-state index in [2.05, 4.69) is 25.8 Å². The Balaban J connectivity index is 1.61. The number of H-pyrrole nitrogens is 1. The van der Waals surface area contributed by atoms with Crippen LogP contribution in [-0.2, 0) is 16.0 Å². The number of halogens is 5. The zero-order valence-corrected chi connectivity index (χ0v) is 18.2. The highest BCUT2D eigenvalue weighted by Crippen LogP contribution is 2.36. The van der Waals surface area contributed by atoms with Crippen LogP contribution in [0.25, 0.3) is 11.0 Å². The summed E-state index contributed by atoms with van der Waals surface area (Å²) in [4.78, 5) is 15.7. The van der Waals surface area contributed by atoms with Gasteiger partial charge in [0.05, 0.1) is 25.8 Å². The van der Waals surface area contributed by atoms with Crippen molar-refractivity contribution in [3.05, 3.63) is 71.1 Å². The number of nitrogens with one attached hydrogen (secondary N) is 3. The maximum atomic E-state index is 13.5. The smallest absolute Gasteiger partial charge is 0.308 e. The number of amides is 2. The number of hydrogen-bond acceptors (Lipinski definition) is 5. The van der Waals surface area contributed by atoms with Gasteiger partial charge >= 0.3 is 12.2 Å². The van der Waals surface area contributed by atoms with Crippen LogP contribution in [0.1, 0.15) is 5.56 Å². The first-order chi connectivity index (χ1) is 15.9. The molecule has 4 rings (SSSR count). The third kappa shape index (κ3) is 4.65. The Kier molecular flexibility index (Phi) is 5.91. The summed E-state index contributed by atoms with van der Waals surface area (Å²) in [7, 11) is -4.14. The minimum absolute atomic E-state index is 0.0549. The quantitative estimate of drug-likeness (QED) is 0.322. The van der Waals surface area contributed by atoms with Crippen LogP contribution in [-0.4, -0.2) is 29.6 Å². The Labute approximate surface area is 193 Å². The molecule has 0 saturated carbocycles. The fourth-order valence-electron chi connectivity index (χ4n) is 2.99. The number of pyridine rings is 1. The molecule has 0 aliphatic rings. The first-order valence-electron chi connectivity index (χ1n) is 9.25. The van der Waals surface area contributed by atoms with Gasteiger partial charge in [-0.1, -0.05) is 17.7 Å². The molecular weight excluding hydrogens is 502 g/mol. The topological polar surface area (TPSA) is 117 Å². The van der Waals surface area contributed by atoms with E-state index in [1.807, 2.05) is 0 Å². The van der Waals surface area contributed by atoms with Crippen LogP contribution in [0, 0.1) is 5.82 Å². The molecule has 2 aromatic carbocycles. The number of benzene rings is 2. The molecule has 14 heteroatoms. The number of aromatic nitrogens is 3. The van der Waals surface area contributed by atoms with Crippen LogP contribution in [0.5, 0.6) is 0 Å². The molecular formula is C20H12ClF4N5O3S. The molecule has 0 saturated heterocycles. The van der Waals surface area contributed by atoms with Gasteiger partial charge in [-0.25, -0.2) is 22.6 Å². The van der Waals surface area contributed by atoms with Crippen molar-refractivity contribution in [3.63, 3.8) is 0 Å². The molecule has 2 heterocycles. The highest BCUT2D eigenvalue weighted by molar-refractivity contribution is 7.91. The zero-order chi connectivity index (χ0) is 24.7. The number of carbonyl (C=O) groups is 1. The average molecular weight is 514 g/mol. The van der Waals surface area contributed by atoms with Crippen LogP contribution < -0.4 is 10.6 Å². The standard InChI is InChI=1S/C20H12ClF4N5O3S/c21-16-5-4-11(7-15(16)20(23,24)25)27-19(31)28-18-14-8-13(9-26-17(14)29-30-18)34(32,33)12-3-1-2-10(22)6-12/h1-9H,(H3,26,27,28,29,30,31). The van der Waals surface area contributed by atoms with Crippen molar-refractivity contribution in [2.45, 2.75) is 16.0 Å². The molecule has 0 aliphatic heterocycles. The molecule has 176 valence electrons. The SMILES string of the molecule is O=C(Nc1ccc(Cl)c(C(F)(F)F)c1)Nc1[nH]nc2ncc(S(=O)(=O)c3cccc(F)c3)cc12. The number of urea groups is 1. The summed E-state index contributed by atoms with van der Waals surface area (Å²) >= 11 is 5.56. The second-order valence-corrected chi connectivity index (χ2v) is 9.23. The van der Waals surface area contributed by atoms with Crippen molar-refractivity contribution in [1.82, 2.24) is 15.2 Å². The van der Waals surface area contributed by atoms with E-state index in [1.54, 1.807) is 0 Å². The van der Waals surface area contributed by atoms with Crippen LogP contribution in [0.4, 0.5) is 33.9 Å². The molecule has 0 fully saturated rings. The first kappa shape index (κ1) is 23.4. The molecule has 0 radical (unpaired) electrons. The summed E-state index contributed by atoms with van der Waals surface area (Å²) in [6.07, 6.45) is -3.69. The van der Waals surface area contributed by atoms with Gasteiger partial charge in [-0.15, -0.1) is 0 Å². The largest absolute Gasteiger partial charge is 0.417 e. The molecule has 0 bridgehead atoms. The summed E-state index contributed by atoms with van der Waals surface area (Å²) < 4.78 is 78.2. The van der Waals surface area contributed by atoms with Gasteiger partial charge in [0.25, 0.3) is 0 Å². The zero-order valence-electron chi connectivity index (χ0n) is 16.6. The van der Waals surface area contributed by atoms with Crippen molar-refractivity contribution in [2.24, 2.45) is 0 Å². The Hall–Kier alpha value is -3.71. The van der Waals surface area contributed by atoms with Gasteiger partial charge in [-0.2, -0.15) is 18.3 Å². The highest BCUT2D eigenvalue weighted by Gasteiger charge is 2.33. The van der Waals surface area contributed by atoms with Crippen molar-refractivity contribution < 1.29 is 30.8 Å². The minimum atomic E-state index is -4.72. The number of hydrogen-bond donors (Lipinski definition) is 3. The lowest BCUT2D eigenvalue weighted by Crippen LogP contribution is -2.20. The fourth-order valence-corrected chi connectivity index (χ4v) is 4.48. The van der Waals surface area contributed by atoms with Gasteiger partial charge in [0.1, 0.15) is 11.6 Å². The Morgan fingerprint density at radius 1 is 1.03 bits per heavy atom. The molecule has 2 amide bonds. The van der Waals surface area contributed by atoms with E-state index < -0.39 is 38.4 Å². The molecule has 4 aromatic rings. The lowest BCUT2D eigenvalue weighted by Gasteiger charge is -2.12. The van der Waals surface area contributed by atoms with E-state index >= 15 is 0 Å². The van der Waals surface area contributed by atoms with E-state index in [0.717, 1.165) is 24.4 Å². The Morgan fingerprint density at radius 2 is 1.79 bits per heavy atom. The number of nitrogens with zero attached hydrogens (tertiary/aromatic N) is 2. The summed E-state index contributed by atoms with van der Waals surface area (Å²) in [6, 6.07) is 7.45. The predicted octanol–water partition coefficient (Wildman–Crippen LogP) is 5.25.